The predicted octanol–water partition coefficient (Wildman–Crippen LogP) is 3.44. The van der Waals surface area contributed by atoms with Crippen LogP contribution in [0.3, 0.4) is 0 Å². The Hall–Kier alpha value is -3.10. The van der Waals surface area contributed by atoms with Crippen LogP contribution in [0.2, 0.25) is 0 Å². The molecule has 1 N–H and O–H groups in total. The van der Waals surface area contributed by atoms with E-state index in [2.05, 4.69) is 15.4 Å². The average Bonchev–Trinajstić information content (AvgIpc) is 3.09. The lowest BCUT2D eigenvalue weighted by Gasteiger charge is -2.08. The Morgan fingerprint density at radius 1 is 1.00 bits per heavy atom. The van der Waals surface area contributed by atoms with Gasteiger partial charge in [-0.1, -0.05) is 0 Å². The molecule has 2 aromatic heterocycles. The highest BCUT2D eigenvalue weighted by Gasteiger charge is 2.20. The van der Waals surface area contributed by atoms with Gasteiger partial charge in [0.05, 0.1) is 25.0 Å². The molecule has 3 rings (SSSR count). The number of nitrogens with zero attached hydrogens (tertiary/aromatic N) is 3. The lowest BCUT2D eigenvalue weighted by molar-refractivity contribution is 0.410. The summed E-state index contributed by atoms with van der Waals surface area (Å²) in [5.74, 6) is -5.93. The summed E-state index contributed by atoms with van der Waals surface area (Å²) in [7, 11) is 1.55. The highest BCUT2D eigenvalue weighted by molar-refractivity contribution is 5.45. The number of anilines is 1. The summed E-state index contributed by atoms with van der Waals surface area (Å²) >= 11 is 0. The Bertz CT molecular complexity index is 870. The van der Waals surface area contributed by atoms with Crippen LogP contribution in [-0.2, 0) is 6.54 Å². The smallest absolute Gasteiger partial charge is 0.253 e. The molecule has 0 amide bonds. The number of nitrogens with one attached hydrogen (secondary N) is 1. The number of benzene rings is 1. The lowest BCUT2D eigenvalue weighted by atomic mass is 10.3. The topological polar surface area (TPSA) is 52.0 Å². The number of rotatable bonds is 5. The summed E-state index contributed by atoms with van der Waals surface area (Å²) in [6, 6.07) is 8.65. The second kappa shape index (κ2) is 6.80. The normalized spacial score (nSPS) is 10.8. The maximum Gasteiger partial charge on any atom is 0.253 e. The zero-order chi connectivity index (χ0) is 18.0. The fourth-order valence-electron chi connectivity index (χ4n) is 2.16. The van der Waals surface area contributed by atoms with Crippen molar-refractivity contribution in [2.75, 3.05) is 12.4 Å². The molecule has 9 heteroatoms. The quantitative estimate of drug-likeness (QED) is 0.565. The Labute approximate surface area is 139 Å². The van der Waals surface area contributed by atoms with Crippen molar-refractivity contribution in [3.63, 3.8) is 0 Å². The van der Waals surface area contributed by atoms with E-state index in [1.807, 2.05) is 0 Å². The fourth-order valence-corrected chi connectivity index (χ4v) is 2.16. The summed E-state index contributed by atoms with van der Waals surface area (Å²) in [6.07, 6.45) is 1.64. The highest BCUT2D eigenvalue weighted by Crippen LogP contribution is 2.22. The molecule has 1 aromatic carbocycles. The van der Waals surface area contributed by atoms with Crippen molar-refractivity contribution in [2.24, 2.45) is 0 Å². The van der Waals surface area contributed by atoms with E-state index in [1.165, 1.54) is 4.68 Å². The molecule has 0 fully saturated rings. The van der Waals surface area contributed by atoms with E-state index in [4.69, 9.17) is 4.74 Å². The first-order valence-corrected chi connectivity index (χ1v) is 7.12. The van der Waals surface area contributed by atoms with E-state index in [9.17, 15) is 17.6 Å². The minimum atomic E-state index is -1.72. The Kier molecular flexibility index (Phi) is 4.55. The van der Waals surface area contributed by atoms with Crippen molar-refractivity contribution in [1.82, 2.24) is 14.8 Å². The van der Waals surface area contributed by atoms with E-state index in [0.717, 1.165) is 5.69 Å². The first kappa shape index (κ1) is 16.7. The van der Waals surface area contributed by atoms with Crippen LogP contribution >= 0.6 is 0 Å². The van der Waals surface area contributed by atoms with Crippen molar-refractivity contribution in [2.45, 2.75) is 6.54 Å². The minimum absolute atomic E-state index is 0.139. The van der Waals surface area contributed by atoms with Crippen LogP contribution in [-0.4, -0.2) is 21.9 Å². The molecule has 0 aliphatic heterocycles. The summed E-state index contributed by atoms with van der Waals surface area (Å²) in [6.45, 7) is -0.139. The van der Waals surface area contributed by atoms with Gasteiger partial charge in [0.15, 0.2) is 0 Å². The van der Waals surface area contributed by atoms with Gasteiger partial charge in [-0.05, 0) is 30.3 Å². The number of hydrogen-bond donors (Lipinski definition) is 1. The van der Waals surface area contributed by atoms with Crippen molar-refractivity contribution in [1.29, 1.82) is 0 Å². The molecule has 130 valence electrons. The van der Waals surface area contributed by atoms with Crippen LogP contribution in [0.4, 0.5) is 23.2 Å². The van der Waals surface area contributed by atoms with Crippen LogP contribution in [0.15, 0.2) is 36.5 Å². The summed E-state index contributed by atoms with van der Waals surface area (Å²) in [5.41, 5.74) is 0.224. The highest BCUT2D eigenvalue weighted by atomic mass is 19.2. The van der Waals surface area contributed by atoms with Crippen molar-refractivity contribution in [3.05, 3.63) is 65.8 Å². The first-order valence-electron chi connectivity index (χ1n) is 7.12. The van der Waals surface area contributed by atoms with Crippen molar-refractivity contribution in [3.8, 4) is 11.4 Å². The van der Waals surface area contributed by atoms with E-state index in [1.54, 1.807) is 43.6 Å². The minimum Gasteiger partial charge on any atom is -0.497 e. The monoisotopic (exact) mass is 352 g/mol. The number of hydrogen-bond acceptors (Lipinski definition) is 4. The van der Waals surface area contributed by atoms with E-state index >= 15 is 0 Å². The molecule has 0 unspecified atom stereocenters. The van der Waals surface area contributed by atoms with E-state index in [-0.39, 0.29) is 6.54 Å². The molecule has 3 aromatic rings. The average molecular weight is 352 g/mol. The van der Waals surface area contributed by atoms with Crippen LogP contribution < -0.4 is 10.1 Å². The lowest BCUT2D eigenvalue weighted by Crippen LogP contribution is -2.10. The van der Waals surface area contributed by atoms with Gasteiger partial charge in [0.1, 0.15) is 11.4 Å². The van der Waals surface area contributed by atoms with Gasteiger partial charge in [0, 0.05) is 6.20 Å². The largest absolute Gasteiger partial charge is 0.497 e. The second-order valence-electron chi connectivity index (χ2n) is 5.00. The standard InChI is InChI=1S/C16H12F4N4O/c1-25-11-4-2-10(3-5-11)24-7-6-9(23-24)8-21-14-12(17)15(19)22-16(20)13(14)18/h2-7H,8H2,1H3,(H,21,22). The molecule has 0 radical (unpaired) electrons. The van der Waals surface area contributed by atoms with Crippen LogP contribution in [0.25, 0.3) is 5.69 Å². The maximum atomic E-state index is 13.5. The molecule has 0 saturated carbocycles. The van der Waals surface area contributed by atoms with Gasteiger partial charge >= 0.3 is 0 Å². The van der Waals surface area contributed by atoms with Crippen molar-refractivity contribution >= 4 is 5.69 Å². The van der Waals surface area contributed by atoms with Gasteiger partial charge in [0.2, 0.25) is 11.6 Å². The molecule has 0 atom stereocenters. The van der Waals surface area contributed by atoms with Gasteiger partial charge in [-0.3, -0.25) is 0 Å². The third-order valence-electron chi connectivity index (χ3n) is 3.43. The molecule has 0 saturated heterocycles. The number of ether oxygens (including phenoxy) is 1. The summed E-state index contributed by atoms with van der Waals surface area (Å²) in [4.78, 5) is 2.49. The number of methoxy groups -OCH3 is 1. The van der Waals surface area contributed by atoms with E-state index in [0.29, 0.717) is 11.4 Å². The SMILES string of the molecule is COc1ccc(-n2ccc(CNc3c(F)c(F)nc(F)c3F)n2)cc1. The van der Waals surface area contributed by atoms with Crippen LogP contribution in [0.5, 0.6) is 5.75 Å². The van der Waals surface area contributed by atoms with Crippen LogP contribution in [0, 0.1) is 23.5 Å². The summed E-state index contributed by atoms with van der Waals surface area (Å²) in [5, 5.41) is 6.52. The fraction of sp³-hybridized carbons (Fsp3) is 0.125. The molecule has 5 nitrogen and oxygen atoms in total. The summed E-state index contributed by atoms with van der Waals surface area (Å²) < 4.78 is 59.8. The second-order valence-corrected chi connectivity index (χ2v) is 5.00. The molecule has 2 heterocycles. The molecule has 0 bridgehead atoms. The third kappa shape index (κ3) is 3.39. The number of aromatic nitrogens is 3. The zero-order valence-electron chi connectivity index (χ0n) is 12.9. The number of halogens is 4. The zero-order valence-corrected chi connectivity index (χ0v) is 12.9. The number of pyridine rings is 1. The van der Waals surface area contributed by atoms with Gasteiger partial charge in [-0.15, -0.1) is 0 Å². The molecule has 0 spiro atoms. The first-order chi connectivity index (χ1) is 12.0. The molecular formula is C16H12F4N4O. The van der Waals surface area contributed by atoms with Crippen LogP contribution in [0.1, 0.15) is 5.69 Å². The molecule has 0 aliphatic rings. The van der Waals surface area contributed by atoms with Gasteiger partial charge in [-0.2, -0.15) is 27.6 Å². The van der Waals surface area contributed by atoms with Gasteiger partial charge in [0.25, 0.3) is 11.9 Å². The predicted molar refractivity (Wildman–Crippen MR) is 81.5 cm³/mol. The Morgan fingerprint density at radius 3 is 2.24 bits per heavy atom. The Balaban J connectivity index is 1.76. The Morgan fingerprint density at radius 2 is 1.64 bits per heavy atom. The maximum absolute atomic E-state index is 13.5. The molecule has 25 heavy (non-hydrogen) atoms. The molecule has 0 aliphatic carbocycles. The van der Waals surface area contributed by atoms with Gasteiger partial charge < -0.3 is 10.1 Å². The van der Waals surface area contributed by atoms with Crippen molar-refractivity contribution < 1.29 is 22.3 Å². The third-order valence-corrected chi connectivity index (χ3v) is 3.43. The van der Waals surface area contributed by atoms with E-state index < -0.39 is 29.2 Å². The molecular weight excluding hydrogens is 340 g/mol. The van der Waals surface area contributed by atoms with Gasteiger partial charge in [-0.25, -0.2) is 4.68 Å².